The first kappa shape index (κ1) is 12.4. The van der Waals surface area contributed by atoms with E-state index < -0.39 is 0 Å². The number of halogens is 1. The monoisotopic (exact) mass is 292 g/mol. The number of benzene rings is 1. The van der Waals surface area contributed by atoms with Crippen LogP contribution in [0.5, 0.6) is 0 Å². The number of H-pyrrole nitrogens is 1. The van der Waals surface area contributed by atoms with Crippen molar-refractivity contribution in [3.63, 3.8) is 0 Å². The summed E-state index contributed by atoms with van der Waals surface area (Å²) in [4.78, 5) is 3.19. The van der Waals surface area contributed by atoms with Crippen molar-refractivity contribution in [2.75, 3.05) is 0 Å². The molecule has 0 aliphatic carbocycles. The smallest absolute Gasteiger partial charge is 0.184 e. The number of nitrogens with one attached hydrogen (secondary N) is 1. The zero-order valence-corrected chi connectivity index (χ0v) is 12.4. The molecule has 0 aliphatic heterocycles. The highest BCUT2D eigenvalue weighted by Crippen LogP contribution is 2.27. The van der Waals surface area contributed by atoms with Crippen molar-refractivity contribution >= 4 is 35.0 Å². The number of nitrogens with zero attached hydrogens (tertiary/aromatic N) is 3. The summed E-state index contributed by atoms with van der Waals surface area (Å²) in [5.41, 5.74) is 4.78. The van der Waals surface area contributed by atoms with Crippen LogP contribution >= 0.6 is 23.8 Å². The fourth-order valence-electron chi connectivity index (χ4n) is 2.32. The van der Waals surface area contributed by atoms with Crippen LogP contribution in [0.25, 0.3) is 16.9 Å². The molecule has 98 valence electrons. The first-order valence-electron chi connectivity index (χ1n) is 5.90. The molecule has 0 bridgehead atoms. The van der Waals surface area contributed by atoms with Gasteiger partial charge in [-0.15, -0.1) is 0 Å². The highest BCUT2D eigenvalue weighted by Gasteiger charge is 2.15. The zero-order chi connectivity index (χ0) is 13.7. The van der Waals surface area contributed by atoms with Crippen molar-refractivity contribution in [3.8, 4) is 5.69 Å². The number of hydrogen-bond donors (Lipinski definition) is 1. The lowest BCUT2D eigenvalue weighted by atomic mass is 10.2. The third-order valence-corrected chi connectivity index (χ3v) is 3.77. The Morgan fingerprint density at radius 1 is 1.32 bits per heavy atom. The maximum Gasteiger partial charge on any atom is 0.184 e. The topological polar surface area (TPSA) is 38.5 Å². The van der Waals surface area contributed by atoms with Crippen LogP contribution in [0.2, 0.25) is 5.02 Å². The van der Waals surface area contributed by atoms with Crippen LogP contribution in [0.1, 0.15) is 11.3 Å². The highest BCUT2D eigenvalue weighted by molar-refractivity contribution is 7.71. The Kier molecular flexibility index (Phi) is 2.76. The van der Waals surface area contributed by atoms with Gasteiger partial charge in [0.05, 0.1) is 16.4 Å². The van der Waals surface area contributed by atoms with E-state index in [1.807, 2.05) is 48.3 Å². The maximum absolute atomic E-state index is 6.34. The summed E-state index contributed by atoms with van der Waals surface area (Å²) in [5, 5.41) is 5.08. The number of aromatic amines is 1. The molecule has 0 amide bonds. The Labute approximate surface area is 120 Å². The molecule has 2 aromatic heterocycles. The summed E-state index contributed by atoms with van der Waals surface area (Å²) < 4.78 is 4.36. The predicted molar refractivity (Wildman–Crippen MR) is 79.7 cm³/mol. The molecule has 1 N–H and O–H groups in total. The van der Waals surface area contributed by atoms with Crippen LogP contribution in [-0.2, 0) is 7.05 Å². The van der Waals surface area contributed by atoms with Gasteiger partial charge in [-0.2, -0.15) is 5.10 Å². The Hall–Kier alpha value is -1.59. The maximum atomic E-state index is 6.34. The van der Waals surface area contributed by atoms with Gasteiger partial charge in [-0.1, -0.05) is 17.7 Å². The van der Waals surface area contributed by atoms with Gasteiger partial charge in [0.15, 0.2) is 10.4 Å². The second-order valence-electron chi connectivity index (χ2n) is 4.63. The summed E-state index contributed by atoms with van der Waals surface area (Å²) in [5.74, 6) is 0. The molecule has 3 aromatic rings. The van der Waals surface area contributed by atoms with Crippen molar-refractivity contribution < 1.29 is 0 Å². The van der Waals surface area contributed by atoms with Gasteiger partial charge >= 0.3 is 0 Å². The Bertz CT molecular complexity index is 840. The number of aryl methyl sites for hydroxylation is 3. The van der Waals surface area contributed by atoms with Crippen molar-refractivity contribution in [2.24, 2.45) is 7.05 Å². The number of imidazole rings is 1. The lowest BCUT2D eigenvalue weighted by Gasteiger charge is -2.08. The minimum atomic E-state index is 0.622. The molecule has 0 radical (unpaired) electrons. The fourth-order valence-corrected chi connectivity index (χ4v) is 2.93. The second kappa shape index (κ2) is 4.21. The van der Waals surface area contributed by atoms with Gasteiger partial charge in [-0.3, -0.25) is 4.57 Å². The average Bonchev–Trinajstić information content (AvgIpc) is 2.79. The van der Waals surface area contributed by atoms with Crippen LogP contribution < -0.4 is 0 Å². The number of fused-ring (bicyclic) bond motifs is 1. The molecule has 2 heterocycles. The molecule has 0 saturated carbocycles. The summed E-state index contributed by atoms with van der Waals surface area (Å²) in [6, 6.07) is 5.93. The van der Waals surface area contributed by atoms with Crippen molar-refractivity contribution in [1.29, 1.82) is 0 Å². The largest absolute Gasteiger partial charge is 0.327 e. The van der Waals surface area contributed by atoms with Crippen molar-refractivity contribution in [2.45, 2.75) is 13.8 Å². The molecule has 0 fully saturated rings. The molecular formula is C13H13ClN4S. The summed E-state index contributed by atoms with van der Waals surface area (Å²) in [7, 11) is 1.90. The summed E-state index contributed by atoms with van der Waals surface area (Å²) in [6.07, 6.45) is 0. The van der Waals surface area contributed by atoms with Crippen LogP contribution in [0.15, 0.2) is 18.2 Å². The van der Waals surface area contributed by atoms with Crippen LogP contribution in [0.4, 0.5) is 0 Å². The van der Waals surface area contributed by atoms with Crippen LogP contribution in [-0.4, -0.2) is 19.3 Å². The van der Waals surface area contributed by atoms with Crippen LogP contribution in [0, 0.1) is 18.6 Å². The van der Waals surface area contributed by atoms with E-state index in [9.17, 15) is 0 Å². The molecule has 4 nitrogen and oxygen atoms in total. The Morgan fingerprint density at radius 2 is 2.05 bits per heavy atom. The van der Waals surface area contributed by atoms with Gasteiger partial charge in [0, 0.05) is 7.05 Å². The van der Waals surface area contributed by atoms with E-state index in [4.69, 9.17) is 23.8 Å². The van der Waals surface area contributed by atoms with E-state index in [1.54, 1.807) is 0 Å². The molecule has 0 spiro atoms. The van der Waals surface area contributed by atoms with E-state index in [0.717, 1.165) is 28.1 Å². The lowest BCUT2D eigenvalue weighted by Crippen LogP contribution is -2.01. The predicted octanol–water partition coefficient (Wildman–Crippen LogP) is 3.69. The molecule has 0 saturated heterocycles. The molecule has 0 aliphatic rings. The zero-order valence-electron chi connectivity index (χ0n) is 10.9. The van der Waals surface area contributed by atoms with E-state index in [2.05, 4.69) is 10.1 Å². The molecule has 3 rings (SSSR count). The summed E-state index contributed by atoms with van der Waals surface area (Å²) in [6.45, 7) is 3.96. The molecule has 0 atom stereocenters. The van der Waals surface area contributed by atoms with Gasteiger partial charge in [0.25, 0.3) is 0 Å². The molecular weight excluding hydrogens is 280 g/mol. The first-order valence-corrected chi connectivity index (χ1v) is 6.68. The van der Waals surface area contributed by atoms with Crippen LogP contribution in [0.3, 0.4) is 0 Å². The van der Waals surface area contributed by atoms with Gasteiger partial charge in [0.1, 0.15) is 5.52 Å². The summed E-state index contributed by atoms with van der Waals surface area (Å²) >= 11 is 11.7. The third-order valence-electron chi connectivity index (χ3n) is 3.18. The van der Waals surface area contributed by atoms with E-state index in [0.29, 0.717) is 9.79 Å². The molecule has 1 aromatic carbocycles. The molecule has 0 unspecified atom stereocenters. The van der Waals surface area contributed by atoms with Gasteiger partial charge in [-0.25, -0.2) is 4.68 Å². The Balaban J connectivity index is 2.42. The Morgan fingerprint density at radius 3 is 2.74 bits per heavy atom. The number of hydrogen-bond acceptors (Lipinski definition) is 2. The standard InChI is InChI=1S/C13H13ClN4S/c1-7-4-5-10(9(14)6-7)18-12-11(15-13(18)19)8(2)16-17(12)3/h4-6H,1-3H3,(H,15,19). The number of aromatic nitrogens is 4. The lowest BCUT2D eigenvalue weighted by molar-refractivity contribution is 0.759. The van der Waals surface area contributed by atoms with E-state index >= 15 is 0 Å². The van der Waals surface area contributed by atoms with Gasteiger partial charge in [-0.05, 0) is 43.8 Å². The average molecular weight is 293 g/mol. The van der Waals surface area contributed by atoms with Crippen molar-refractivity contribution in [1.82, 2.24) is 19.3 Å². The van der Waals surface area contributed by atoms with E-state index in [-0.39, 0.29) is 0 Å². The highest BCUT2D eigenvalue weighted by atomic mass is 35.5. The SMILES string of the molecule is Cc1ccc(-n2c(=S)[nH]c3c(C)nn(C)c32)c(Cl)c1. The normalized spacial score (nSPS) is 11.4. The van der Waals surface area contributed by atoms with Crippen molar-refractivity contribution in [3.05, 3.63) is 39.3 Å². The number of rotatable bonds is 1. The van der Waals surface area contributed by atoms with Gasteiger partial charge < -0.3 is 4.98 Å². The minimum Gasteiger partial charge on any atom is -0.327 e. The van der Waals surface area contributed by atoms with E-state index in [1.165, 1.54) is 0 Å². The minimum absolute atomic E-state index is 0.622. The first-order chi connectivity index (χ1) is 8.99. The van der Waals surface area contributed by atoms with Gasteiger partial charge in [0.2, 0.25) is 0 Å². The second-order valence-corrected chi connectivity index (χ2v) is 5.42. The quantitative estimate of drug-likeness (QED) is 0.695. The fraction of sp³-hybridized carbons (Fsp3) is 0.231. The molecule has 19 heavy (non-hydrogen) atoms. The third kappa shape index (κ3) is 1.81. The molecule has 6 heteroatoms.